The Hall–Kier alpha value is -1.06. The highest BCUT2D eigenvalue weighted by molar-refractivity contribution is 7.09. The summed E-state index contributed by atoms with van der Waals surface area (Å²) in [6.07, 6.45) is 0.829. The first-order chi connectivity index (χ1) is 7.16. The summed E-state index contributed by atoms with van der Waals surface area (Å²) in [7, 11) is 0. The second-order valence-electron chi connectivity index (χ2n) is 3.39. The van der Waals surface area contributed by atoms with Crippen LogP contribution >= 0.6 is 22.9 Å². The van der Waals surface area contributed by atoms with E-state index in [4.69, 9.17) is 17.3 Å². The molecule has 0 aliphatic heterocycles. The van der Waals surface area contributed by atoms with Crippen molar-refractivity contribution >= 4 is 28.6 Å². The Morgan fingerprint density at radius 2 is 2.27 bits per heavy atom. The lowest BCUT2D eigenvalue weighted by Crippen LogP contribution is -1.91. The van der Waals surface area contributed by atoms with Gasteiger partial charge in [0.15, 0.2) is 0 Å². The molecule has 78 valence electrons. The van der Waals surface area contributed by atoms with Gasteiger partial charge in [0.1, 0.15) is 0 Å². The van der Waals surface area contributed by atoms with Gasteiger partial charge in [-0.2, -0.15) is 0 Å². The third kappa shape index (κ3) is 2.30. The second-order valence-corrected chi connectivity index (χ2v) is 4.74. The lowest BCUT2D eigenvalue weighted by Gasteiger charge is -2.04. The zero-order valence-corrected chi connectivity index (χ0v) is 9.90. The van der Waals surface area contributed by atoms with Gasteiger partial charge in [0.05, 0.1) is 11.2 Å². The Balaban J connectivity index is 2.29. The van der Waals surface area contributed by atoms with Crippen LogP contribution in [0.15, 0.2) is 23.7 Å². The van der Waals surface area contributed by atoms with E-state index >= 15 is 0 Å². The molecule has 0 aliphatic rings. The van der Waals surface area contributed by atoms with Crippen molar-refractivity contribution in [1.29, 1.82) is 0 Å². The van der Waals surface area contributed by atoms with Crippen LogP contribution < -0.4 is 5.73 Å². The van der Waals surface area contributed by atoms with E-state index in [2.05, 4.69) is 4.98 Å². The van der Waals surface area contributed by atoms with Gasteiger partial charge in [0, 0.05) is 22.0 Å². The number of halogens is 1. The normalized spacial score (nSPS) is 10.5. The number of nitrogens with zero attached hydrogens (tertiary/aromatic N) is 1. The first-order valence-electron chi connectivity index (χ1n) is 4.59. The van der Waals surface area contributed by atoms with Crippen LogP contribution in [-0.2, 0) is 6.42 Å². The van der Waals surface area contributed by atoms with Crippen LogP contribution in [0.2, 0.25) is 5.02 Å². The molecule has 0 atom stereocenters. The molecule has 0 unspecified atom stereocenters. The molecular weight excluding hydrogens is 228 g/mol. The largest absolute Gasteiger partial charge is 0.399 e. The molecule has 1 aromatic carbocycles. The van der Waals surface area contributed by atoms with E-state index in [0.717, 1.165) is 22.7 Å². The lowest BCUT2D eigenvalue weighted by molar-refractivity contribution is 1.15. The molecule has 0 saturated carbocycles. The molecule has 2 nitrogen and oxygen atoms in total. The van der Waals surface area contributed by atoms with E-state index in [-0.39, 0.29) is 0 Å². The van der Waals surface area contributed by atoms with Crippen molar-refractivity contribution in [2.75, 3.05) is 5.73 Å². The van der Waals surface area contributed by atoms with Crippen molar-refractivity contribution in [2.45, 2.75) is 13.3 Å². The van der Waals surface area contributed by atoms with Gasteiger partial charge >= 0.3 is 0 Å². The Morgan fingerprint density at radius 1 is 1.47 bits per heavy atom. The molecule has 1 aromatic heterocycles. The van der Waals surface area contributed by atoms with Crippen molar-refractivity contribution < 1.29 is 0 Å². The van der Waals surface area contributed by atoms with Gasteiger partial charge in [-0.1, -0.05) is 17.7 Å². The monoisotopic (exact) mass is 238 g/mol. The summed E-state index contributed by atoms with van der Waals surface area (Å²) in [4.78, 5) is 5.46. The van der Waals surface area contributed by atoms with Gasteiger partial charge in [-0.3, -0.25) is 0 Å². The number of hydrogen-bond acceptors (Lipinski definition) is 3. The topological polar surface area (TPSA) is 38.9 Å². The molecular formula is C11H11ClN2S. The molecule has 0 spiro atoms. The van der Waals surface area contributed by atoms with Crippen LogP contribution in [-0.4, -0.2) is 4.98 Å². The Morgan fingerprint density at radius 3 is 2.87 bits per heavy atom. The van der Waals surface area contributed by atoms with Gasteiger partial charge in [-0.15, -0.1) is 11.3 Å². The van der Waals surface area contributed by atoms with Gasteiger partial charge in [0.25, 0.3) is 0 Å². The van der Waals surface area contributed by atoms with E-state index in [1.807, 2.05) is 24.6 Å². The van der Waals surface area contributed by atoms with E-state index in [1.165, 1.54) is 4.88 Å². The van der Waals surface area contributed by atoms with Crippen molar-refractivity contribution in [2.24, 2.45) is 0 Å². The van der Waals surface area contributed by atoms with E-state index in [0.29, 0.717) is 5.69 Å². The third-order valence-corrected chi connectivity index (χ3v) is 3.56. The highest BCUT2D eigenvalue weighted by Crippen LogP contribution is 2.24. The second kappa shape index (κ2) is 4.21. The van der Waals surface area contributed by atoms with Gasteiger partial charge in [0.2, 0.25) is 0 Å². The van der Waals surface area contributed by atoms with E-state index in [1.54, 1.807) is 17.4 Å². The SMILES string of the molecule is Cc1ncsc1Cc1ccc(N)cc1Cl. The maximum Gasteiger partial charge on any atom is 0.0797 e. The Bertz CT molecular complexity index is 479. The predicted octanol–water partition coefficient (Wildman–Crippen LogP) is 3.28. The smallest absolute Gasteiger partial charge is 0.0797 e. The molecule has 1 heterocycles. The van der Waals surface area contributed by atoms with Gasteiger partial charge < -0.3 is 5.73 Å². The minimum absolute atomic E-state index is 0.699. The maximum atomic E-state index is 6.10. The number of anilines is 1. The summed E-state index contributed by atoms with van der Waals surface area (Å²) in [5.41, 5.74) is 10.4. The number of aromatic nitrogens is 1. The Labute approximate surface area is 97.7 Å². The number of nitrogen functional groups attached to an aromatic ring is 1. The summed E-state index contributed by atoms with van der Waals surface area (Å²) >= 11 is 7.76. The quantitative estimate of drug-likeness (QED) is 0.816. The standard InChI is InChI=1S/C11H11ClN2S/c1-7-11(15-6-14-7)4-8-2-3-9(13)5-10(8)12/h2-3,5-6H,4,13H2,1H3. The molecule has 0 fully saturated rings. The Kier molecular flexibility index (Phi) is 2.93. The van der Waals surface area contributed by atoms with Crippen LogP contribution in [0, 0.1) is 6.92 Å². The number of rotatable bonds is 2. The zero-order valence-electron chi connectivity index (χ0n) is 8.33. The minimum Gasteiger partial charge on any atom is -0.399 e. The van der Waals surface area contributed by atoms with Crippen LogP contribution in [0.25, 0.3) is 0 Å². The average molecular weight is 239 g/mol. The molecule has 2 aromatic rings. The van der Waals surface area contributed by atoms with Crippen molar-refractivity contribution in [3.8, 4) is 0 Å². The summed E-state index contributed by atoms with van der Waals surface area (Å²) in [5.74, 6) is 0. The van der Waals surface area contributed by atoms with E-state index in [9.17, 15) is 0 Å². The predicted molar refractivity (Wildman–Crippen MR) is 65.5 cm³/mol. The van der Waals surface area contributed by atoms with Crippen molar-refractivity contribution in [1.82, 2.24) is 4.98 Å². The first-order valence-corrected chi connectivity index (χ1v) is 5.85. The highest BCUT2D eigenvalue weighted by atomic mass is 35.5. The number of aryl methyl sites for hydroxylation is 1. The molecule has 15 heavy (non-hydrogen) atoms. The summed E-state index contributed by atoms with van der Waals surface area (Å²) in [6, 6.07) is 5.63. The van der Waals surface area contributed by atoms with Gasteiger partial charge in [-0.25, -0.2) is 4.98 Å². The molecule has 0 amide bonds. The molecule has 0 aliphatic carbocycles. The fourth-order valence-corrected chi connectivity index (χ4v) is 2.43. The van der Waals surface area contributed by atoms with Crippen LogP contribution in [0.3, 0.4) is 0 Å². The highest BCUT2D eigenvalue weighted by Gasteiger charge is 2.06. The number of hydrogen-bond donors (Lipinski definition) is 1. The summed E-state index contributed by atoms with van der Waals surface area (Å²) in [6.45, 7) is 2.01. The van der Waals surface area contributed by atoms with Crippen molar-refractivity contribution in [3.05, 3.63) is 44.9 Å². The van der Waals surface area contributed by atoms with Crippen LogP contribution in [0.5, 0.6) is 0 Å². The van der Waals surface area contributed by atoms with Gasteiger partial charge in [-0.05, 0) is 24.6 Å². The van der Waals surface area contributed by atoms with Crippen molar-refractivity contribution in [3.63, 3.8) is 0 Å². The van der Waals surface area contributed by atoms with Crippen LogP contribution in [0.4, 0.5) is 5.69 Å². The molecule has 0 bridgehead atoms. The first kappa shape index (κ1) is 10.5. The third-order valence-electron chi connectivity index (χ3n) is 2.27. The van der Waals surface area contributed by atoms with E-state index < -0.39 is 0 Å². The molecule has 4 heteroatoms. The number of nitrogens with two attached hydrogens (primary N) is 1. The fourth-order valence-electron chi connectivity index (χ4n) is 1.38. The molecule has 2 rings (SSSR count). The molecule has 0 radical (unpaired) electrons. The zero-order chi connectivity index (χ0) is 10.8. The summed E-state index contributed by atoms with van der Waals surface area (Å²) < 4.78 is 0. The minimum atomic E-state index is 0.699. The number of benzene rings is 1. The maximum absolute atomic E-state index is 6.10. The average Bonchev–Trinajstić information content (AvgIpc) is 2.57. The summed E-state index contributed by atoms with van der Waals surface area (Å²) in [5, 5.41) is 0.725. The number of thiazole rings is 1. The molecule has 2 N–H and O–H groups in total. The fraction of sp³-hybridized carbons (Fsp3) is 0.182. The molecule has 0 saturated heterocycles. The van der Waals surface area contributed by atoms with Crippen LogP contribution in [0.1, 0.15) is 16.1 Å². The lowest BCUT2D eigenvalue weighted by atomic mass is 10.1.